The minimum absolute atomic E-state index is 0.0910. The van der Waals surface area contributed by atoms with Gasteiger partial charge < -0.3 is 34.6 Å². The molecule has 0 heterocycles. The summed E-state index contributed by atoms with van der Waals surface area (Å²) >= 11 is 0. The summed E-state index contributed by atoms with van der Waals surface area (Å²) in [5.41, 5.74) is 0. The summed E-state index contributed by atoms with van der Waals surface area (Å²) in [5, 5.41) is 29.9. The Labute approximate surface area is 379 Å². The molecule has 358 valence electrons. The Hall–Kier alpha value is -4.08. The standard InChI is InChI=1S/C47H70O15P2/c1-3-5-7-9-11-13-15-17-18-19-20-21-22-24-26-28-30-32-34-36-47(52)58-38-44(49)40-60-64(55,56)62-42-45(50)41-61-63(53,54)59-39-43(48)37-57-46(51)35-33-31-29-27-25-23-16-14-12-10-8-6-4-2/h5-27,29,43-45,48-50H,3-4,28,30-42H2,1-2H3,(H,53,54)(H,55,56)/b7-5+,8-6+,11-9+,12-10+,15-13-,16-14-,18-17+,20-19+,22-21+,25-23-,26-24+,29-27+. The molecule has 17 heteroatoms. The summed E-state index contributed by atoms with van der Waals surface area (Å²) in [6.45, 7) is -0.0954. The van der Waals surface area contributed by atoms with E-state index in [0.29, 0.717) is 19.3 Å². The van der Waals surface area contributed by atoms with E-state index in [2.05, 4.69) is 44.1 Å². The largest absolute Gasteiger partial charge is 0.472 e. The predicted octanol–water partition coefficient (Wildman–Crippen LogP) is 9.04. The summed E-state index contributed by atoms with van der Waals surface area (Å²) in [5.74, 6) is -1.13. The van der Waals surface area contributed by atoms with E-state index in [1.807, 2.05) is 134 Å². The molecule has 0 saturated carbocycles. The third kappa shape index (κ3) is 43.2. The Bertz CT molecular complexity index is 1700. The van der Waals surface area contributed by atoms with Gasteiger partial charge in [-0.25, -0.2) is 9.13 Å². The number of allylic oxidation sites excluding steroid dienone is 24. The molecule has 0 amide bonds. The Kier molecular flexibility index (Phi) is 39.0. The van der Waals surface area contributed by atoms with Crippen LogP contribution in [0.2, 0.25) is 0 Å². The lowest BCUT2D eigenvalue weighted by Crippen LogP contribution is -2.25. The first-order valence-corrected chi connectivity index (χ1v) is 24.3. The molecule has 64 heavy (non-hydrogen) atoms. The Morgan fingerprint density at radius 1 is 0.406 bits per heavy atom. The zero-order chi connectivity index (χ0) is 47.4. The number of phosphoric acid groups is 2. The lowest BCUT2D eigenvalue weighted by molar-refractivity contribution is -0.148. The van der Waals surface area contributed by atoms with Crippen molar-refractivity contribution in [2.45, 2.75) is 96.4 Å². The summed E-state index contributed by atoms with van der Waals surface area (Å²) in [6, 6.07) is 0. The van der Waals surface area contributed by atoms with Gasteiger partial charge >= 0.3 is 27.6 Å². The minimum Gasteiger partial charge on any atom is -0.463 e. The van der Waals surface area contributed by atoms with E-state index in [-0.39, 0.29) is 12.8 Å². The second-order valence-electron chi connectivity index (χ2n) is 13.5. The normalized spacial score (nSPS) is 16.5. The molecule has 0 bridgehead atoms. The number of aliphatic hydroxyl groups is 3. The van der Waals surface area contributed by atoms with Crippen LogP contribution in [0, 0.1) is 0 Å². The van der Waals surface area contributed by atoms with Crippen molar-refractivity contribution >= 4 is 27.6 Å². The molecule has 0 saturated heterocycles. The van der Waals surface area contributed by atoms with Gasteiger partial charge in [0, 0.05) is 12.8 Å². The van der Waals surface area contributed by atoms with Crippen molar-refractivity contribution in [2.75, 3.05) is 39.6 Å². The topological polar surface area (TPSA) is 225 Å². The number of hydrogen-bond acceptors (Lipinski definition) is 13. The molecule has 0 aromatic rings. The number of hydrogen-bond donors (Lipinski definition) is 5. The smallest absolute Gasteiger partial charge is 0.463 e. The maximum absolute atomic E-state index is 12.1. The SMILES string of the molecule is CC/C=C/C=C/C=C\C=C/C=C/CCCC(=O)OCC(O)COP(=O)(O)OCC(O)COP(=O)(O)OCC(O)COC(=O)CCCCC/C=C/C=C/C=C/C=C/C=C\C=C\C=C\CC. The van der Waals surface area contributed by atoms with Gasteiger partial charge in [0.05, 0.1) is 26.4 Å². The molecule has 0 spiro atoms. The van der Waals surface area contributed by atoms with Crippen LogP contribution in [0.5, 0.6) is 0 Å². The molecular weight excluding hydrogens is 866 g/mol. The fraction of sp³-hybridized carbons (Fsp3) is 0.447. The lowest BCUT2D eigenvalue weighted by Gasteiger charge is -2.19. The maximum Gasteiger partial charge on any atom is 0.472 e. The van der Waals surface area contributed by atoms with Gasteiger partial charge in [-0.1, -0.05) is 166 Å². The van der Waals surface area contributed by atoms with E-state index >= 15 is 0 Å². The van der Waals surface area contributed by atoms with E-state index in [1.54, 1.807) is 0 Å². The number of carbonyl (C=O) groups excluding carboxylic acids is 2. The highest BCUT2D eigenvalue weighted by Gasteiger charge is 2.28. The first-order chi connectivity index (χ1) is 30.8. The molecule has 5 atom stereocenters. The Balaban J connectivity index is 4.09. The average molecular weight is 937 g/mol. The van der Waals surface area contributed by atoms with E-state index in [4.69, 9.17) is 9.47 Å². The van der Waals surface area contributed by atoms with Crippen molar-refractivity contribution < 1.29 is 71.4 Å². The quantitative estimate of drug-likeness (QED) is 0.0169. The molecular formula is C47H70O15P2. The van der Waals surface area contributed by atoms with Gasteiger partial charge in [0.15, 0.2) is 0 Å². The van der Waals surface area contributed by atoms with Crippen LogP contribution in [0.3, 0.4) is 0 Å². The van der Waals surface area contributed by atoms with Crippen LogP contribution in [0.4, 0.5) is 0 Å². The van der Waals surface area contributed by atoms with Gasteiger partial charge in [-0.05, 0) is 44.9 Å². The van der Waals surface area contributed by atoms with E-state index in [9.17, 15) is 43.8 Å². The number of rotatable bonds is 38. The molecule has 0 aliphatic rings. The number of aliphatic hydroxyl groups excluding tert-OH is 3. The number of ether oxygens (including phenoxy) is 2. The summed E-state index contributed by atoms with van der Waals surface area (Å²) < 4.78 is 52.7. The molecule has 0 fully saturated rings. The fourth-order valence-electron chi connectivity index (χ4n) is 4.34. The van der Waals surface area contributed by atoms with Crippen molar-refractivity contribution in [3.63, 3.8) is 0 Å². The van der Waals surface area contributed by atoms with Crippen LogP contribution in [0.1, 0.15) is 78.1 Å². The van der Waals surface area contributed by atoms with Crippen LogP contribution < -0.4 is 0 Å². The van der Waals surface area contributed by atoms with Crippen molar-refractivity contribution in [3.8, 4) is 0 Å². The maximum atomic E-state index is 12.1. The zero-order valence-corrected chi connectivity index (χ0v) is 38.9. The molecule has 0 aliphatic heterocycles. The van der Waals surface area contributed by atoms with E-state index in [0.717, 1.165) is 32.1 Å². The van der Waals surface area contributed by atoms with Crippen molar-refractivity contribution in [1.82, 2.24) is 0 Å². The lowest BCUT2D eigenvalue weighted by atomic mass is 10.1. The number of unbranched alkanes of at least 4 members (excludes halogenated alkanes) is 4. The van der Waals surface area contributed by atoms with Crippen LogP contribution in [-0.2, 0) is 46.3 Å². The molecule has 0 aliphatic carbocycles. The number of carbonyl (C=O) groups is 2. The summed E-state index contributed by atoms with van der Waals surface area (Å²) in [4.78, 5) is 43.6. The molecule has 5 unspecified atom stereocenters. The molecule has 0 radical (unpaired) electrons. The average Bonchev–Trinajstić information content (AvgIpc) is 3.27. The second kappa shape index (κ2) is 41.6. The van der Waals surface area contributed by atoms with Crippen molar-refractivity contribution in [2.24, 2.45) is 0 Å². The third-order valence-corrected chi connectivity index (χ3v) is 9.51. The van der Waals surface area contributed by atoms with Gasteiger partial charge in [0.25, 0.3) is 0 Å². The predicted molar refractivity (Wildman–Crippen MR) is 251 cm³/mol. The van der Waals surface area contributed by atoms with Crippen LogP contribution >= 0.6 is 15.6 Å². The Morgan fingerprint density at radius 3 is 1.03 bits per heavy atom. The monoisotopic (exact) mass is 936 g/mol. The minimum atomic E-state index is -4.81. The fourth-order valence-corrected chi connectivity index (χ4v) is 5.93. The zero-order valence-electron chi connectivity index (χ0n) is 37.1. The molecule has 0 aromatic carbocycles. The third-order valence-electron chi connectivity index (χ3n) is 7.61. The molecule has 0 aromatic heterocycles. The molecule has 0 rings (SSSR count). The van der Waals surface area contributed by atoms with Gasteiger partial charge in [0.2, 0.25) is 0 Å². The van der Waals surface area contributed by atoms with Gasteiger partial charge in [-0.3, -0.25) is 27.7 Å². The first-order valence-electron chi connectivity index (χ1n) is 21.4. The highest BCUT2D eigenvalue weighted by molar-refractivity contribution is 7.47. The number of phosphoric ester groups is 2. The van der Waals surface area contributed by atoms with Crippen LogP contribution in [-0.4, -0.2) is 95.0 Å². The van der Waals surface area contributed by atoms with Gasteiger partial charge in [-0.15, -0.1) is 0 Å². The highest BCUT2D eigenvalue weighted by Crippen LogP contribution is 2.45. The van der Waals surface area contributed by atoms with E-state index in [1.165, 1.54) is 0 Å². The summed E-state index contributed by atoms with van der Waals surface area (Å²) in [7, 11) is -9.62. The Morgan fingerprint density at radius 2 is 0.688 bits per heavy atom. The van der Waals surface area contributed by atoms with Crippen LogP contribution in [0.15, 0.2) is 146 Å². The second-order valence-corrected chi connectivity index (χ2v) is 16.5. The first kappa shape index (κ1) is 59.9. The van der Waals surface area contributed by atoms with Gasteiger partial charge in [-0.2, -0.15) is 0 Å². The van der Waals surface area contributed by atoms with Crippen LogP contribution in [0.25, 0.3) is 0 Å². The molecule has 15 nitrogen and oxygen atoms in total. The molecule has 5 N–H and O–H groups in total. The van der Waals surface area contributed by atoms with Crippen molar-refractivity contribution in [3.05, 3.63) is 146 Å². The van der Waals surface area contributed by atoms with Gasteiger partial charge in [0.1, 0.15) is 31.5 Å². The summed E-state index contributed by atoms with van der Waals surface area (Å²) in [6.07, 6.45) is 48.6. The number of esters is 2. The van der Waals surface area contributed by atoms with E-state index < -0.39 is 85.5 Å². The van der Waals surface area contributed by atoms with Crippen molar-refractivity contribution in [1.29, 1.82) is 0 Å². The highest BCUT2D eigenvalue weighted by atomic mass is 31.2.